The van der Waals surface area contributed by atoms with Gasteiger partial charge in [-0.05, 0) is 12.5 Å². The number of benzene rings is 1. The van der Waals surface area contributed by atoms with E-state index in [4.69, 9.17) is 46.4 Å². The van der Waals surface area contributed by atoms with Crippen LogP contribution in [0.25, 0.3) is 0 Å². The second kappa shape index (κ2) is 9.15. The smallest absolute Gasteiger partial charge is 0.165 e. The molecule has 0 N–H and O–H groups in total. The Morgan fingerprint density at radius 2 is 1.50 bits per heavy atom. The summed E-state index contributed by atoms with van der Waals surface area (Å²) in [6.07, 6.45) is 7.16. The first kappa shape index (κ1) is 18.1. The number of halogens is 4. The second-order valence-electron chi connectivity index (χ2n) is 4.78. The van der Waals surface area contributed by atoms with Crippen molar-refractivity contribution in [3.05, 3.63) is 31.7 Å². The van der Waals surface area contributed by atoms with Crippen molar-refractivity contribution in [3.63, 3.8) is 0 Å². The topological polar surface area (TPSA) is 17.1 Å². The zero-order valence-electron chi connectivity index (χ0n) is 11.4. The van der Waals surface area contributed by atoms with E-state index in [1.807, 2.05) is 0 Å². The predicted molar refractivity (Wildman–Crippen MR) is 88.8 cm³/mol. The minimum atomic E-state index is -0.0749. The lowest BCUT2D eigenvalue weighted by atomic mass is 10.0. The van der Waals surface area contributed by atoms with Gasteiger partial charge in [-0.15, -0.1) is 0 Å². The molecule has 0 saturated carbocycles. The van der Waals surface area contributed by atoms with Crippen molar-refractivity contribution in [3.8, 4) is 0 Å². The third-order valence-electron chi connectivity index (χ3n) is 3.15. The molecule has 5 heteroatoms. The number of hydrogen-bond acceptors (Lipinski definition) is 1. The Kier molecular flexibility index (Phi) is 8.28. The second-order valence-corrected chi connectivity index (χ2v) is 6.35. The molecule has 112 valence electrons. The monoisotopic (exact) mass is 354 g/mol. The molecule has 0 heterocycles. The highest BCUT2D eigenvalue weighted by Gasteiger charge is 2.19. The van der Waals surface area contributed by atoms with Crippen LogP contribution in [0, 0.1) is 0 Å². The SMILES string of the molecule is CCCCCCCCC(=O)c1c(Cl)cc(Cl)c(Cl)c1Cl. The highest BCUT2D eigenvalue weighted by Crippen LogP contribution is 2.38. The first-order valence-corrected chi connectivity index (χ1v) is 8.36. The van der Waals surface area contributed by atoms with Gasteiger partial charge in [0, 0.05) is 6.42 Å². The summed E-state index contributed by atoms with van der Waals surface area (Å²) in [5.74, 6) is -0.0749. The van der Waals surface area contributed by atoms with Crippen LogP contribution in [0.3, 0.4) is 0 Å². The lowest BCUT2D eigenvalue weighted by Gasteiger charge is -2.09. The largest absolute Gasteiger partial charge is 0.294 e. The number of Topliss-reactive ketones (excluding diaryl/α,β-unsaturated/α-hetero) is 1. The number of hydrogen-bond donors (Lipinski definition) is 0. The van der Waals surface area contributed by atoms with Gasteiger partial charge in [-0.3, -0.25) is 4.79 Å². The zero-order valence-corrected chi connectivity index (χ0v) is 14.5. The van der Waals surface area contributed by atoms with Crippen molar-refractivity contribution in [1.82, 2.24) is 0 Å². The van der Waals surface area contributed by atoms with Crippen molar-refractivity contribution in [2.75, 3.05) is 0 Å². The Hall–Kier alpha value is 0.0500. The van der Waals surface area contributed by atoms with Crippen LogP contribution in [0.15, 0.2) is 6.07 Å². The van der Waals surface area contributed by atoms with Crippen molar-refractivity contribution in [2.24, 2.45) is 0 Å². The molecule has 0 atom stereocenters. The lowest BCUT2D eigenvalue weighted by Crippen LogP contribution is -2.02. The molecule has 1 aromatic carbocycles. The summed E-state index contributed by atoms with van der Waals surface area (Å²) >= 11 is 23.9. The van der Waals surface area contributed by atoms with E-state index in [0.29, 0.717) is 6.42 Å². The van der Waals surface area contributed by atoms with Gasteiger partial charge in [0.1, 0.15) is 0 Å². The van der Waals surface area contributed by atoms with Gasteiger partial charge in [-0.25, -0.2) is 0 Å². The number of unbranched alkanes of at least 4 members (excludes halogenated alkanes) is 5. The maximum atomic E-state index is 12.2. The van der Waals surface area contributed by atoms with Crippen molar-refractivity contribution >= 4 is 52.2 Å². The van der Waals surface area contributed by atoms with Crippen molar-refractivity contribution < 1.29 is 4.79 Å². The summed E-state index contributed by atoms with van der Waals surface area (Å²) in [5.41, 5.74) is 0.288. The van der Waals surface area contributed by atoms with Crippen LogP contribution in [-0.2, 0) is 0 Å². The molecular weight excluding hydrogens is 338 g/mol. The highest BCUT2D eigenvalue weighted by atomic mass is 35.5. The molecule has 0 aromatic heterocycles. The van der Waals surface area contributed by atoms with E-state index in [-0.39, 0.29) is 31.4 Å². The molecule has 1 rings (SSSR count). The number of carbonyl (C=O) groups excluding carboxylic acids is 1. The van der Waals surface area contributed by atoms with Gasteiger partial charge < -0.3 is 0 Å². The molecule has 1 aromatic rings. The van der Waals surface area contributed by atoms with E-state index < -0.39 is 0 Å². The average Bonchev–Trinajstić information content (AvgIpc) is 2.40. The van der Waals surface area contributed by atoms with Gasteiger partial charge in [-0.2, -0.15) is 0 Å². The molecule has 0 amide bonds. The molecule has 0 spiro atoms. The van der Waals surface area contributed by atoms with Crippen LogP contribution in [0.5, 0.6) is 0 Å². The van der Waals surface area contributed by atoms with Crippen LogP contribution in [-0.4, -0.2) is 5.78 Å². The van der Waals surface area contributed by atoms with E-state index >= 15 is 0 Å². The van der Waals surface area contributed by atoms with Crippen LogP contribution in [0.1, 0.15) is 62.2 Å². The molecule has 0 aliphatic rings. The fraction of sp³-hybridized carbons (Fsp3) is 0.533. The van der Waals surface area contributed by atoms with Gasteiger partial charge in [0.2, 0.25) is 0 Å². The van der Waals surface area contributed by atoms with Gasteiger partial charge in [-0.1, -0.05) is 85.4 Å². The Morgan fingerprint density at radius 1 is 0.900 bits per heavy atom. The maximum Gasteiger partial charge on any atom is 0.165 e. The molecule has 0 aliphatic heterocycles. The number of ketones is 1. The average molecular weight is 356 g/mol. The van der Waals surface area contributed by atoms with Gasteiger partial charge in [0.05, 0.1) is 25.7 Å². The molecule has 1 nitrogen and oxygen atoms in total. The van der Waals surface area contributed by atoms with E-state index in [1.165, 1.54) is 25.3 Å². The Labute approximate surface area is 140 Å². The standard InChI is InChI=1S/C15H18Cl4O/c1-2-3-4-5-6-7-8-12(20)13-10(16)9-11(17)14(18)15(13)19/h9H,2-8H2,1H3. The minimum absolute atomic E-state index is 0.0749. The summed E-state index contributed by atoms with van der Waals surface area (Å²) < 4.78 is 0. The summed E-state index contributed by atoms with van der Waals surface area (Å²) in [7, 11) is 0. The molecular formula is C15H18Cl4O. The third kappa shape index (κ3) is 5.11. The van der Waals surface area contributed by atoms with Crippen molar-refractivity contribution in [2.45, 2.75) is 51.9 Å². The molecule has 0 fully saturated rings. The minimum Gasteiger partial charge on any atom is -0.294 e. The first-order valence-electron chi connectivity index (χ1n) is 6.85. The zero-order chi connectivity index (χ0) is 15.1. The maximum absolute atomic E-state index is 12.2. The van der Waals surface area contributed by atoms with E-state index in [1.54, 1.807) is 0 Å². The predicted octanol–water partition coefficient (Wildman–Crippen LogP) is 7.23. The number of carbonyl (C=O) groups is 1. The van der Waals surface area contributed by atoms with E-state index in [2.05, 4.69) is 6.92 Å². The molecule has 20 heavy (non-hydrogen) atoms. The summed E-state index contributed by atoms with van der Waals surface area (Å²) in [6.45, 7) is 2.18. The van der Waals surface area contributed by atoms with Gasteiger partial charge in [0.15, 0.2) is 5.78 Å². The molecule has 0 aliphatic carbocycles. The van der Waals surface area contributed by atoms with Gasteiger partial charge in [0.25, 0.3) is 0 Å². The van der Waals surface area contributed by atoms with Crippen LogP contribution >= 0.6 is 46.4 Å². The fourth-order valence-corrected chi connectivity index (χ4v) is 3.14. The fourth-order valence-electron chi connectivity index (χ4n) is 2.01. The first-order chi connectivity index (χ1) is 9.49. The Balaban J connectivity index is 2.58. The van der Waals surface area contributed by atoms with Crippen LogP contribution < -0.4 is 0 Å². The van der Waals surface area contributed by atoms with E-state index in [0.717, 1.165) is 19.3 Å². The Bertz CT molecular complexity index is 471. The van der Waals surface area contributed by atoms with E-state index in [9.17, 15) is 4.79 Å². The quantitative estimate of drug-likeness (QED) is 0.208. The lowest BCUT2D eigenvalue weighted by molar-refractivity contribution is 0.0979. The third-order valence-corrected chi connectivity index (χ3v) is 4.71. The Morgan fingerprint density at radius 3 is 2.15 bits per heavy atom. The molecule has 0 radical (unpaired) electrons. The van der Waals surface area contributed by atoms with Crippen LogP contribution in [0.2, 0.25) is 20.1 Å². The highest BCUT2D eigenvalue weighted by molar-refractivity contribution is 6.51. The summed E-state index contributed by atoms with van der Waals surface area (Å²) in [4.78, 5) is 12.2. The van der Waals surface area contributed by atoms with Crippen LogP contribution in [0.4, 0.5) is 0 Å². The summed E-state index contributed by atoms with van der Waals surface area (Å²) in [5, 5.41) is 0.863. The van der Waals surface area contributed by atoms with Gasteiger partial charge >= 0.3 is 0 Å². The number of rotatable bonds is 8. The molecule has 0 unspecified atom stereocenters. The van der Waals surface area contributed by atoms with Crippen molar-refractivity contribution in [1.29, 1.82) is 0 Å². The summed E-state index contributed by atoms with van der Waals surface area (Å²) in [6, 6.07) is 1.46. The molecule has 0 bridgehead atoms. The normalized spacial score (nSPS) is 10.8. The molecule has 0 saturated heterocycles.